The Morgan fingerprint density at radius 2 is 1.96 bits per heavy atom. The van der Waals surface area contributed by atoms with Crippen molar-refractivity contribution < 1.29 is 18.0 Å². The highest BCUT2D eigenvalue weighted by Crippen LogP contribution is 2.31. The molecule has 0 aliphatic carbocycles. The molecule has 1 amide bonds. The van der Waals surface area contributed by atoms with Gasteiger partial charge in [0.1, 0.15) is 17.6 Å². The first kappa shape index (κ1) is 16.4. The standard InChI is InChI=1S/C15H18F3N3OS/c16-15(17,18)12-4-1-5-13(19-12)21-6-2-3-11(21)14(22)20-7-9-23-10-8-20/h1,4-5,11H,2-3,6-10H2/t11-/m0/s1. The SMILES string of the molecule is O=C([C@@H]1CCCN1c1cccc(C(F)(F)F)n1)N1CCSCC1. The summed E-state index contributed by atoms with van der Waals surface area (Å²) in [6.07, 6.45) is -3.02. The molecule has 2 fully saturated rings. The molecule has 0 radical (unpaired) electrons. The van der Waals surface area contributed by atoms with Gasteiger partial charge < -0.3 is 9.80 Å². The number of pyridine rings is 1. The largest absolute Gasteiger partial charge is 0.433 e. The van der Waals surface area contributed by atoms with Gasteiger partial charge in [-0.1, -0.05) is 6.07 Å². The number of amides is 1. The quantitative estimate of drug-likeness (QED) is 0.826. The van der Waals surface area contributed by atoms with Crippen LogP contribution in [0.1, 0.15) is 18.5 Å². The smallest absolute Gasteiger partial charge is 0.345 e. The van der Waals surface area contributed by atoms with E-state index in [1.807, 2.05) is 16.7 Å². The number of nitrogens with zero attached hydrogens (tertiary/aromatic N) is 3. The number of aromatic nitrogens is 1. The van der Waals surface area contributed by atoms with Crippen LogP contribution in [0.4, 0.5) is 19.0 Å². The zero-order chi connectivity index (χ0) is 16.4. The fourth-order valence-electron chi connectivity index (χ4n) is 3.03. The van der Waals surface area contributed by atoms with Gasteiger partial charge in [-0.05, 0) is 25.0 Å². The number of halogens is 3. The second-order valence-electron chi connectivity index (χ2n) is 5.67. The van der Waals surface area contributed by atoms with Gasteiger partial charge in [0.05, 0.1) is 0 Å². The summed E-state index contributed by atoms with van der Waals surface area (Å²) >= 11 is 1.82. The highest BCUT2D eigenvalue weighted by molar-refractivity contribution is 7.99. The average molecular weight is 345 g/mol. The zero-order valence-electron chi connectivity index (χ0n) is 12.6. The number of hydrogen-bond acceptors (Lipinski definition) is 4. The van der Waals surface area contributed by atoms with Gasteiger partial charge >= 0.3 is 6.18 Å². The number of rotatable bonds is 2. The van der Waals surface area contributed by atoms with Crippen LogP contribution in [-0.4, -0.2) is 53.0 Å². The highest BCUT2D eigenvalue weighted by atomic mass is 32.2. The minimum absolute atomic E-state index is 0.0158. The molecule has 2 aliphatic heterocycles. The lowest BCUT2D eigenvalue weighted by atomic mass is 10.2. The third-order valence-corrected chi connectivity index (χ3v) is 5.12. The molecule has 0 N–H and O–H groups in total. The van der Waals surface area contributed by atoms with Crippen LogP contribution in [0.15, 0.2) is 18.2 Å². The molecule has 0 aromatic carbocycles. The molecule has 1 aromatic heterocycles. The van der Waals surface area contributed by atoms with Gasteiger partial charge in [0.15, 0.2) is 0 Å². The molecule has 0 bridgehead atoms. The number of alkyl halides is 3. The topological polar surface area (TPSA) is 36.4 Å². The van der Waals surface area contributed by atoms with Crippen LogP contribution in [0.25, 0.3) is 0 Å². The second-order valence-corrected chi connectivity index (χ2v) is 6.89. The van der Waals surface area contributed by atoms with Crippen molar-refractivity contribution in [2.45, 2.75) is 25.1 Å². The Morgan fingerprint density at radius 3 is 2.65 bits per heavy atom. The van der Waals surface area contributed by atoms with Crippen molar-refractivity contribution >= 4 is 23.5 Å². The Hall–Kier alpha value is -1.44. The molecule has 0 saturated carbocycles. The summed E-state index contributed by atoms with van der Waals surface area (Å²) in [5.41, 5.74) is -0.914. The van der Waals surface area contributed by atoms with Gasteiger partial charge in [0, 0.05) is 31.1 Å². The van der Waals surface area contributed by atoms with Crippen LogP contribution in [-0.2, 0) is 11.0 Å². The van der Waals surface area contributed by atoms with E-state index in [0.717, 1.165) is 24.0 Å². The molecule has 3 rings (SSSR count). The molecule has 0 spiro atoms. The molecule has 2 aliphatic rings. The third kappa shape index (κ3) is 3.57. The first-order valence-corrected chi connectivity index (χ1v) is 8.80. The van der Waals surface area contributed by atoms with E-state index in [-0.39, 0.29) is 11.7 Å². The molecule has 126 valence electrons. The lowest BCUT2D eigenvalue weighted by Gasteiger charge is -2.33. The van der Waals surface area contributed by atoms with E-state index >= 15 is 0 Å². The minimum Gasteiger partial charge on any atom is -0.345 e. The van der Waals surface area contributed by atoms with E-state index in [9.17, 15) is 18.0 Å². The number of thioether (sulfide) groups is 1. The summed E-state index contributed by atoms with van der Waals surface area (Å²) in [5.74, 6) is 2.09. The number of carbonyl (C=O) groups is 1. The highest BCUT2D eigenvalue weighted by Gasteiger charge is 2.37. The maximum atomic E-state index is 12.8. The molecular weight excluding hydrogens is 327 g/mol. The van der Waals surface area contributed by atoms with Gasteiger partial charge in [-0.2, -0.15) is 24.9 Å². The van der Waals surface area contributed by atoms with Crippen LogP contribution < -0.4 is 4.90 Å². The first-order chi connectivity index (χ1) is 11.0. The predicted octanol–water partition coefficient (Wildman–Crippen LogP) is 2.64. The maximum Gasteiger partial charge on any atom is 0.433 e. The molecule has 1 atom stereocenters. The summed E-state index contributed by atoms with van der Waals surface area (Å²) in [6, 6.07) is 3.46. The monoisotopic (exact) mass is 345 g/mol. The lowest BCUT2D eigenvalue weighted by molar-refractivity contribution is -0.141. The van der Waals surface area contributed by atoms with Crippen molar-refractivity contribution in [3.8, 4) is 0 Å². The van der Waals surface area contributed by atoms with Crippen LogP contribution in [0, 0.1) is 0 Å². The summed E-state index contributed by atoms with van der Waals surface area (Å²) in [7, 11) is 0. The molecular formula is C15H18F3N3OS. The van der Waals surface area contributed by atoms with Crippen molar-refractivity contribution in [2.24, 2.45) is 0 Å². The van der Waals surface area contributed by atoms with E-state index in [4.69, 9.17) is 0 Å². The van der Waals surface area contributed by atoms with Gasteiger partial charge in [0.2, 0.25) is 5.91 Å². The van der Waals surface area contributed by atoms with Crippen LogP contribution in [0.2, 0.25) is 0 Å². The molecule has 3 heterocycles. The predicted molar refractivity (Wildman–Crippen MR) is 83.5 cm³/mol. The van der Waals surface area contributed by atoms with Gasteiger partial charge in [-0.25, -0.2) is 4.98 Å². The van der Waals surface area contributed by atoms with Gasteiger partial charge in [-0.15, -0.1) is 0 Å². The van der Waals surface area contributed by atoms with Crippen molar-refractivity contribution in [3.63, 3.8) is 0 Å². The van der Waals surface area contributed by atoms with Crippen molar-refractivity contribution in [2.75, 3.05) is 36.0 Å². The number of carbonyl (C=O) groups excluding carboxylic acids is 1. The fourth-order valence-corrected chi connectivity index (χ4v) is 3.94. The van der Waals surface area contributed by atoms with Crippen molar-refractivity contribution in [1.82, 2.24) is 9.88 Å². The Bertz CT molecular complexity index is 575. The normalized spacial score (nSPS) is 22.5. The Labute approximate surface area is 137 Å². The first-order valence-electron chi connectivity index (χ1n) is 7.64. The van der Waals surface area contributed by atoms with Gasteiger partial charge in [-0.3, -0.25) is 4.79 Å². The van der Waals surface area contributed by atoms with Crippen LogP contribution in [0.3, 0.4) is 0 Å². The maximum absolute atomic E-state index is 12.8. The van der Waals surface area contributed by atoms with Crippen molar-refractivity contribution in [1.29, 1.82) is 0 Å². The molecule has 2 saturated heterocycles. The van der Waals surface area contributed by atoms with E-state index < -0.39 is 17.9 Å². The Balaban J connectivity index is 1.80. The van der Waals surface area contributed by atoms with Crippen LogP contribution in [0.5, 0.6) is 0 Å². The molecule has 0 unspecified atom stereocenters. The number of hydrogen-bond donors (Lipinski definition) is 0. The molecule has 1 aromatic rings. The molecule has 4 nitrogen and oxygen atoms in total. The summed E-state index contributed by atoms with van der Waals surface area (Å²) < 4.78 is 38.5. The Morgan fingerprint density at radius 1 is 1.22 bits per heavy atom. The Kier molecular flexibility index (Phi) is 4.70. The molecule has 23 heavy (non-hydrogen) atoms. The van der Waals surface area contributed by atoms with Crippen LogP contribution >= 0.6 is 11.8 Å². The second kappa shape index (κ2) is 6.59. The third-order valence-electron chi connectivity index (χ3n) is 4.18. The zero-order valence-corrected chi connectivity index (χ0v) is 13.4. The molecule has 8 heteroatoms. The summed E-state index contributed by atoms with van der Waals surface area (Å²) in [5, 5.41) is 0. The summed E-state index contributed by atoms with van der Waals surface area (Å²) in [4.78, 5) is 20.0. The van der Waals surface area contributed by atoms with E-state index in [0.29, 0.717) is 26.1 Å². The van der Waals surface area contributed by atoms with E-state index in [1.54, 1.807) is 11.0 Å². The van der Waals surface area contributed by atoms with Gasteiger partial charge in [0.25, 0.3) is 0 Å². The van der Waals surface area contributed by atoms with Crippen molar-refractivity contribution in [3.05, 3.63) is 23.9 Å². The number of anilines is 1. The summed E-state index contributed by atoms with van der Waals surface area (Å²) in [6.45, 7) is 1.99. The fraction of sp³-hybridized carbons (Fsp3) is 0.600. The van der Waals surface area contributed by atoms with E-state index in [1.165, 1.54) is 6.07 Å². The minimum atomic E-state index is -4.47. The average Bonchev–Trinajstić information content (AvgIpc) is 3.04. The van der Waals surface area contributed by atoms with E-state index in [2.05, 4.69) is 4.98 Å². The lowest BCUT2D eigenvalue weighted by Crippen LogP contribution is -2.48.